The zero-order valence-corrected chi connectivity index (χ0v) is 14.0. The molecule has 23 heavy (non-hydrogen) atoms. The number of benzene rings is 2. The fourth-order valence-corrected chi connectivity index (χ4v) is 2.71. The van der Waals surface area contributed by atoms with E-state index in [9.17, 15) is 4.79 Å². The third kappa shape index (κ3) is 4.53. The van der Waals surface area contributed by atoms with Gasteiger partial charge in [-0.3, -0.25) is 4.79 Å². The second kappa shape index (κ2) is 8.65. The molecule has 0 aromatic heterocycles. The minimum Gasteiger partial charge on any atom is -0.469 e. The van der Waals surface area contributed by atoms with Crippen LogP contribution in [0.5, 0.6) is 0 Å². The second-order valence-corrected chi connectivity index (χ2v) is 5.68. The maximum Gasteiger partial charge on any atom is 0.313 e. The summed E-state index contributed by atoms with van der Waals surface area (Å²) in [5, 5.41) is 2.47. The molecule has 4 nitrogen and oxygen atoms in total. The van der Waals surface area contributed by atoms with Crippen molar-refractivity contribution in [2.45, 2.75) is 12.8 Å². The van der Waals surface area contributed by atoms with Gasteiger partial charge in [-0.2, -0.15) is 0 Å². The topological polar surface area (TPSA) is 44.8 Å². The van der Waals surface area contributed by atoms with E-state index in [1.807, 2.05) is 12.1 Å². The summed E-state index contributed by atoms with van der Waals surface area (Å²) < 4.78 is 15.6. The van der Waals surface area contributed by atoms with Crippen LogP contribution in [0.3, 0.4) is 0 Å². The summed E-state index contributed by atoms with van der Waals surface area (Å²) in [6.07, 6.45) is 0. The minimum absolute atomic E-state index is 0.238. The van der Waals surface area contributed by atoms with Crippen molar-refractivity contribution in [2.24, 2.45) is 5.92 Å². The van der Waals surface area contributed by atoms with E-state index in [2.05, 4.69) is 37.3 Å². The number of esters is 1. The quantitative estimate of drug-likeness (QED) is 0.700. The Morgan fingerprint density at radius 3 is 2.48 bits per heavy atom. The molecule has 0 heterocycles. The van der Waals surface area contributed by atoms with E-state index in [1.54, 1.807) is 7.11 Å². The molecule has 0 N–H and O–H groups in total. The summed E-state index contributed by atoms with van der Waals surface area (Å²) in [6, 6.07) is 14.6. The van der Waals surface area contributed by atoms with Gasteiger partial charge in [-0.15, -0.1) is 0 Å². The lowest BCUT2D eigenvalue weighted by Gasteiger charge is -2.18. The Hall–Kier alpha value is -1.91. The summed E-state index contributed by atoms with van der Waals surface area (Å²) in [5.74, 6) is -0.448. The van der Waals surface area contributed by atoms with E-state index in [0.717, 1.165) is 0 Å². The first-order valence-corrected chi connectivity index (χ1v) is 7.79. The average molecular weight is 316 g/mol. The predicted octanol–water partition coefficient (Wildman–Crippen LogP) is 3.40. The highest BCUT2D eigenvalue weighted by molar-refractivity contribution is 5.86. The summed E-state index contributed by atoms with van der Waals surface area (Å²) in [5.41, 5.74) is 1.25. The summed E-state index contributed by atoms with van der Waals surface area (Å²) in [7, 11) is 2.94. The molecule has 0 aliphatic rings. The van der Waals surface area contributed by atoms with Gasteiger partial charge in [0.05, 0.1) is 26.9 Å². The van der Waals surface area contributed by atoms with Gasteiger partial charge in [0, 0.05) is 13.0 Å². The van der Waals surface area contributed by atoms with E-state index in [0.29, 0.717) is 19.8 Å². The van der Waals surface area contributed by atoms with Crippen molar-refractivity contribution in [1.82, 2.24) is 0 Å². The van der Waals surface area contributed by atoms with Gasteiger partial charge in [0.25, 0.3) is 0 Å². The van der Waals surface area contributed by atoms with Gasteiger partial charge in [0.2, 0.25) is 0 Å². The Morgan fingerprint density at radius 1 is 1.00 bits per heavy atom. The number of rotatable bonds is 8. The first-order valence-electron chi connectivity index (χ1n) is 7.79. The third-order valence-electron chi connectivity index (χ3n) is 3.94. The predicted molar refractivity (Wildman–Crippen MR) is 90.6 cm³/mol. The number of hydrogen-bond acceptors (Lipinski definition) is 4. The first kappa shape index (κ1) is 17.4. The van der Waals surface area contributed by atoms with Crippen LogP contribution < -0.4 is 0 Å². The molecular formula is C19H24O4. The highest BCUT2D eigenvalue weighted by Crippen LogP contribution is 2.25. The van der Waals surface area contributed by atoms with Gasteiger partial charge in [0.15, 0.2) is 0 Å². The number of fused-ring (bicyclic) bond motifs is 1. The molecule has 0 saturated carbocycles. The van der Waals surface area contributed by atoms with E-state index in [-0.39, 0.29) is 17.8 Å². The molecule has 0 aliphatic carbocycles. The summed E-state index contributed by atoms with van der Waals surface area (Å²) in [4.78, 5) is 11.6. The van der Waals surface area contributed by atoms with Crippen LogP contribution in [0.1, 0.15) is 18.4 Å². The monoisotopic (exact) mass is 316 g/mol. The first-order chi connectivity index (χ1) is 11.2. The van der Waals surface area contributed by atoms with E-state index in [4.69, 9.17) is 14.2 Å². The van der Waals surface area contributed by atoms with Gasteiger partial charge in [-0.05, 0) is 16.3 Å². The molecule has 2 atom stereocenters. The van der Waals surface area contributed by atoms with Crippen LogP contribution in [-0.2, 0) is 19.0 Å². The molecule has 0 fully saturated rings. The number of carbonyl (C=O) groups is 1. The van der Waals surface area contributed by atoms with Crippen molar-refractivity contribution >= 4 is 16.7 Å². The molecule has 2 aromatic carbocycles. The van der Waals surface area contributed by atoms with Crippen LogP contribution >= 0.6 is 0 Å². The molecule has 2 aromatic rings. The highest BCUT2D eigenvalue weighted by Gasteiger charge is 2.20. The second-order valence-electron chi connectivity index (χ2n) is 5.68. The lowest BCUT2D eigenvalue weighted by Crippen LogP contribution is -2.26. The Kier molecular flexibility index (Phi) is 6.56. The molecule has 0 aliphatic heterocycles. The van der Waals surface area contributed by atoms with Crippen LogP contribution in [0.15, 0.2) is 42.5 Å². The Bertz CT molecular complexity index is 633. The van der Waals surface area contributed by atoms with Crippen LogP contribution in [0.4, 0.5) is 0 Å². The van der Waals surface area contributed by atoms with E-state index >= 15 is 0 Å². The largest absolute Gasteiger partial charge is 0.469 e. The van der Waals surface area contributed by atoms with Crippen LogP contribution in [0, 0.1) is 5.92 Å². The standard InChI is InChI=1S/C19H24O4/c1-14(11-23-13-16(12-21-2)19(20)22-3)17-10-6-8-15-7-4-5-9-18(15)17/h4-10,14,16H,11-13H2,1-3H3. The fourth-order valence-electron chi connectivity index (χ4n) is 2.71. The number of carbonyl (C=O) groups excluding carboxylic acids is 1. The molecule has 0 amide bonds. The smallest absolute Gasteiger partial charge is 0.313 e. The van der Waals surface area contributed by atoms with Crippen molar-refractivity contribution in [3.8, 4) is 0 Å². The van der Waals surface area contributed by atoms with Crippen molar-refractivity contribution < 1.29 is 19.0 Å². The number of methoxy groups -OCH3 is 2. The molecule has 2 unspecified atom stereocenters. The molecular weight excluding hydrogens is 292 g/mol. The van der Waals surface area contributed by atoms with Crippen molar-refractivity contribution in [3.63, 3.8) is 0 Å². The zero-order valence-electron chi connectivity index (χ0n) is 14.0. The van der Waals surface area contributed by atoms with E-state index in [1.165, 1.54) is 23.4 Å². The van der Waals surface area contributed by atoms with Crippen LogP contribution in [0.2, 0.25) is 0 Å². The van der Waals surface area contributed by atoms with Crippen molar-refractivity contribution in [3.05, 3.63) is 48.0 Å². The Balaban J connectivity index is 1.98. The zero-order chi connectivity index (χ0) is 16.7. The number of hydrogen-bond donors (Lipinski definition) is 0. The van der Waals surface area contributed by atoms with Gasteiger partial charge in [0.1, 0.15) is 5.92 Å². The van der Waals surface area contributed by atoms with Crippen molar-refractivity contribution in [2.75, 3.05) is 34.0 Å². The normalized spacial score (nSPS) is 13.7. The fraction of sp³-hybridized carbons (Fsp3) is 0.421. The molecule has 4 heteroatoms. The van der Waals surface area contributed by atoms with Crippen molar-refractivity contribution in [1.29, 1.82) is 0 Å². The maximum absolute atomic E-state index is 11.6. The molecule has 0 radical (unpaired) electrons. The molecule has 2 rings (SSSR count). The molecule has 124 valence electrons. The summed E-state index contributed by atoms with van der Waals surface area (Å²) in [6.45, 7) is 3.28. The maximum atomic E-state index is 11.6. The number of ether oxygens (including phenoxy) is 3. The minimum atomic E-state index is -0.385. The highest BCUT2D eigenvalue weighted by atomic mass is 16.5. The van der Waals surface area contributed by atoms with Gasteiger partial charge in [-0.25, -0.2) is 0 Å². The third-order valence-corrected chi connectivity index (χ3v) is 3.94. The van der Waals surface area contributed by atoms with Crippen LogP contribution in [0.25, 0.3) is 10.8 Å². The van der Waals surface area contributed by atoms with Gasteiger partial charge < -0.3 is 14.2 Å². The van der Waals surface area contributed by atoms with Crippen LogP contribution in [-0.4, -0.2) is 40.0 Å². The molecule has 0 bridgehead atoms. The average Bonchev–Trinajstić information content (AvgIpc) is 2.59. The van der Waals surface area contributed by atoms with Gasteiger partial charge >= 0.3 is 5.97 Å². The lowest BCUT2D eigenvalue weighted by atomic mass is 9.95. The Labute approximate surface area is 137 Å². The molecule has 0 saturated heterocycles. The summed E-state index contributed by atoms with van der Waals surface area (Å²) >= 11 is 0. The van der Waals surface area contributed by atoms with E-state index < -0.39 is 0 Å². The van der Waals surface area contributed by atoms with Gasteiger partial charge in [-0.1, -0.05) is 49.4 Å². The molecule has 0 spiro atoms. The Morgan fingerprint density at radius 2 is 1.74 bits per heavy atom. The lowest BCUT2D eigenvalue weighted by molar-refractivity contribution is -0.149. The SMILES string of the molecule is COCC(COCC(C)c1cccc2ccccc12)C(=O)OC.